The number of carbonyl (C=O) groups is 4. The van der Waals surface area contributed by atoms with Crippen LogP contribution in [0.15, 0.2) is 34.5 Å². The second kappa shape index (κ2) is 25.6. The van der Waals surface area contributed by atoms with E-state index in [1.165, 1.54) is 21.3 Å². The Hall–Kier alpha value is -4.44. The molecule has 4 fully saturated rings. The van der Waals surface area contributed by atoms with Crippen LogP contribution in [0, 0.1) is 0 Å². The van der Waals surface area contributed by atoms with Gasteiger partial charge in [0.25, 0.3) is 5.91 Å². The minimum Gasteiger partial charge on any atom is -0.479 e. The quantitative estimate of drug-likeness (QED) is 0.0512. The number of aliphatic hydroxyl groups is 8. The minimum atomic E-state index is -1.86. The maximum atomic E-state index is 13.1. The monoisotopic (exact) mass is 995 g/mol. The number of hydrogen-bond donors (Lipinski definition) is 11. The first-order chi connectivity index (χ1) is 32.6. The predicted octanol–water partition coefficient (Wildman–Crippen LogP) is -5.51. The zero-order valence-electron chi connectivity index (χ0n) is 37.5. The van der Waals surface area contributed by atoms with Gasteiger partial charge in [-0.2, -0.15) is 19.8 Å². The molecule has 0 radical (unpaired) electrons. The third-order valence-corrected chi connectivity index (χ3v) is 11.5. The molecule has 1 aromatic carbocycles. The number of aliphatic hydroxyl groups excluding tert-OH is 8. The van der Waals surface area contributed by atoms with Crippen molar-refractivity contribution in [1.82, 2.24) is 5.32 Å². The molecule has 1 amide bonds. The molecule has 1 aromatic rings. The molecule has 11 N–H and O–H groups in total. The summed E-state index contributed by atoms with van der Waals surface area (Å²) in [5, 5.41) is 111. The highest BCUT2D eigenvalue weighted by molar-refractivity contribution is 5.96. The normalized spacial score (nSPS) is 37.9. The van der Waals surface area contributed by atoms with Crippen LogP contribution in [0.1, 0.15) is 35.7 Å². The van der Waals surface area contributed by atoms with Crippen LogP contribution >= 0.6 is 0 Å². The number of carboxylic acids is 2. The maximum Gasteiger partial charge on any atom is 0.373 e. The van der Waals surface area contributed by atoms with Crippen LogP contribution in [0.4, 0.5) is 0 Å². The van der Waals surface area contributed by atoms with Gasteiger partial charge in [0.15, 0.2) is 49.3 Å². The molecule has 0 spiro atoms. The third kappa shape index (κ3) is 13.7. The van der Waals surface area contributed by atoms with E-state index in [-0.39, 0.29) is 37.9 Å². The lowest BCUT2D eigenvalue weighted by molar-refractivity contribution is -0.348. The van der Waals surface area contributed by atoms with Crippen molar-refractivity contribution >= 4 is 29.8 Å². The molecule has 5 aliphatic rings. The van der Waals surface area contributed by atoms with E-state index in [1.54, 1.807) is 24.3 Å². The largest absolute Gasteiger partial charge is 0.479 e. The molecular weight excluding hydrogens is 938 g/mol. The van der Waals surface area contributed by atoms with Crippen LogP contribution in [-0.2, 0) is 77.0 Å². The van der Waals surface area contributed by atoms with Gasteiger partial charge in [-0.15, -0.1) is 0 Å². The zero-order chi connectivity index (χ0) is 51.5. The molecule has 0 aliphatic carbocycles. The number of carbonyl (C=O) groups excluding carboxylic acids is 4. The molecule has 29 nitrogen and oxygen atoms in total. The molecule has 19 atom stereocenters. The molecule has 19 unspecified atom stereocenters. The summed E-state index contributed by atoms with van der Waals surface area (Å²) >= 11 is 0. The zero-order valence-corrected chi connectivity index (χ0v) is 37.5. The summed E-state index contributed by atoms with van der Waals surface area (Å²) in [7, 11) is 4.75. The highest BCUT2D eigenvalue weighted by Crippen LogP contribution is 2.39. The average molecular weight is 996 g/mol. The van der Waals surface area contributed by atoms with Crippen molar-refractivity contribution < 1.29 is 127 Å². The molecular formula is C40H57N3O26. The fraction of sp³-hybridized carbons (Fsp3) is 0.725. The van der Waals surface area contributed by atoms with Crippen molar-refractivity contribution in [1.29, 1.82) is 0 Å². The van der Waals surface area contributed by atoms with Crippen LogP contribution in [0.5, 0.6) is 0 Å². The lowest BCUT2D eigenvalue weighted by Crippen LogP contribution is -2.66. The van der Waals surface area contributed by atoms with Crippen molar-refractivity contribution in [3.8, 4) is 0 Å². The summed E-state index contributed by atoms with van der Waals surface area (Å²) in [6.07, 6.45) is -29.1. The second-order valence-electron chi connectivity index (χ2n) is 15.9. The van der Waals surface area contributed by atoms with Gasteiger partial charge in [0.05, 0.1) is 6.61 Å². The number of carboxylic acid groups (broad SMARTS) is 2. The van der Waals surface area contributed by atoms with Crippen LogP contribution in [0.2, 0.25) is 0 Å². The van der Waals surface area contributed by atoms with E-state index in [9.17, 15) is 65.1 Å². The summed E-state index contributed by atoms with van der Waals surface area (Å²) in [5.74, 6) is -3.90. The lowest BCUT2D eigenvalue weighted by Gasteiger charge is -2.45. The number of amides is 1. The van der Waals surface area contributed by atoms with Crippen molar-refractivity contribution in [3.63, 3.8) is 0 Å². The molecule has 0 aromatic heterocycles. The van der Waals surface area contributed by atoms with Gasteiger partial charge >= 0.3 is 18.1 Å². The number of rotatable bonds is 17. The van der Waals surface area contributed by atoms with Crippen molar-refractivity contribution in [3.05, 3.63) is 35.4 Å². The first-order valence-electron chi connectivity index (χ1n) is 20.9. The first kappa shape index (κ1) is 57.1. The van der Waals surface area contributed by atoms with Gasteiger partial charge in [0, 0.05) is 52.5 Å². The van der Waals surface area contributed by atoms with Crippen molar-refractivity contribution in [2.75, 3.05) is 41.6 Å². The van der Waals surface area contributed by atoms with Gasteiger partial charge < -0.3 is 104 Å². The Labute approximate surface area is 391 Å². The molecule has 0 bridgehead atoms. The Morgan fingerprint density at radius 3 is 1.55 bits per heavy atom. The Morgan fingerprint density at radius 1 is 0.638 bits per heavy atom. The molecule has 6 rings (SSSR count). The SMILES string of the molecule is COC1OC(C(=O)NCCCC(=O)c2ccc(C3(C)N=N3)cc2)C(OC2OC(C(=O)O)C(OC)C(O)C2O)C(O)C1O.COC1OCC(OC2OC(C(=O)O)C(OC)C(O)C2O)C(O)C1O.O=C=O. The van der Waals surface area contributed by atoms with Crippen LogP contribution in [0.3, 0.4) is 0 Å². The maximum absolute atomic E-state index is 13.1. The first-order valence-corrected chi connectivity index (χ1v) is 20.9. The molecule has 69 heavy (non-hydrogen) atoms. The Bertz CT molecular complexity index is 1920. The molecule has 5 heterocycles. The highest BCUT2D eigenvalue weighted by Gasteiger charge is 2.55. The number of aliphatic carboxylic acids is 2. The van der Waals surface area contributed by atoms with Gasteiger partial charge in [-0.05, 0) is 13.3 Å². The van der Waals surface area contributed by atoms with E-state index in [1.807, 2.05) is 6.92 Å². The number of methoxy groups -OCH3 is 4. The topological polar surface area (TPSA) is 434 Å². The Balaban J connectivity index is 0.000000324. The van der Waals surface area contributed by atoms with Gasteiger partial charge in [0.2, 0.25) is 5.66 Å². The Kier molecular flexibility index (Phi) is 21.2. The highest BCUT2D eigenvalue weighted by atomic mass is 16.8. The number of ether oxygens (including phenoxy) is 10. The second-order valence-corrected chi connectivity index (χ2v) is 15.9. The lowest BCUT2D eigenvalue weighted by atomic mass is 9.96. The number of nitrogens with one attached hydrogen (secondary N) is 1. The average Bonchev–Trinajstić information content (AvgIpc) is 4.09. The van der Waals surface area contributed by atoms with E-state index in [0.29, 0.717) is 5.56 Å². The summed E-state index contributed by atoms with van der Waals surface area (Å²) < 4.78 is 51.6. The van der Waals surface area contributed by atoms with E-state index >= 15 is 0 Å². The fourth-order valence-electron chi connectivity index (χ4n) is 7.51. The van der Waals surface area contributed by atoms with Gasteiger partial charge in [0.1, 0.15) is 73.2 Å². The number of nitrogens with zero attached hydrogens (tertiary/aromatic N) is 2. The van der Waals surface area contributed by atoms with Gasteiger partial charge in [-0.1, -0.05) is 24.3 Å². The van der Waals surface area contributed by atoms with Crippen molar-refractivity contribution in [2.24, 2.45) is 10.2 Å². The molecule has 388 valence electrons. The van der Waals surface area contributed by atoms with E-state index in [2.05, 4.69) is 15.5 Å². The molecule has 29 heteroatoms. The molecule has 0 saturated carbocycles. The van der Waals surface area contributed by atoms with Crippen LogP contribution in [0.25, 0.3) is 0 Å². The summed E-state index contributed by atoms with van der Waals surface area (Å²) in [5.41, 5.74) is 0.808. The van der Waals surface area contributed by atoms with Crippen molar-refractivity contribution in [2.45, 2.75) is 142 Å². The van der Waals surface area contributed by atoms with E-state index < -0.39 is 140 Å². The minimum absolute atomic E-state index is 0.0270. The molecule has 5 aliphatic heterocycles. The summed E-state index contributed by atoms with van der Waals surface area (Å²) in [4.78, 5) is 64.8. The van der Waals surface area contributed by atoms with Gasteiger partial charge in [-0.25, -0.2) is 9.59 Å². The Morgan fingerprint density at radius 2 is 1.09 bits per heavy atom. The molecule has 4 saturated heterocycles. The van der Waals surface area contributed by atoms with E-state index in [4.69, 9.17) is 62.1 Å². The fourth-order valence-corrected chi connectivity index (χ4v) is 7.51. The van der Waals surface area contributed by atoms with E-state index in [0.717, 1.165) is 12.7 Å². The predicted molar refractivity (Wildman–Crippen MR) is 215 cm³/mol. The summed E-state index contributed by atoms with van der Waals surface area (Å²) in [6.45, 7) is 1.67. The van der Waals surface area contributed by atoms with Crippen LogP contribution < -0.4 is 5.32 Å². The third-order valence-electron chi connectivity index (χ3n) is 11.5. The standard InChI is InChI=1S/C26H35N3O13.C13H22O11.CO2/c1-26(28-29-26)12-8-6-11(7-9-12)13(30)5-4-10-27-22(35)20-19(15(32)16(33)24(39-3)41-20)40-25-17(34)14(31)18(38-2)21(42-25)23(36)37;1-20-9-6(15)8(17)13(24-10(9)11(18)19)23-4-3-22-12(21-2)7(16)5(4)14;2-1-3/h6-9,14-21,24-25,31-34H,4-5,10H2,1-3H3,(H,27,35)(H,36,37);4-10,12-17H,3H2,1-2H3,(H,18,19);. The summed E-state index contributed by atoms with van der Waals surface area (Å²) in [6, 6.07) is 6.93. The number of ketones is 1. The van der Waals surface area contributed by atoms with Gasteiger partial charge in [-0.3, -0.25) is 9.59 Å². The number of benzene rings is 1. The number of hydrogen-bond acceptors (Lipinski definition) is 26. The van der Waals surface area contributed by atoms with Crippen LogP contribution in [-0.4, -0.2) is 239 Å². The smallest absolute Gasteiger partial charge is 0.373 e. The number of Topliss-reactive ketones (excluding diaryl/α,β-unsaturated/α-hetero) is 1.